The number of phenolic OH excluding ortho intramolecular Hbond substituents is 4. The number of benzene rings is 2. The largest absolute Gasteiger partial charge is 0.504 e. The second kappa shape index (κ2) is 17.9. The van der Waals surface area contributed by atoms with Gasteiger partial charge in [0.05, 0.1) is 25.4 Å². The van der Waals surface area contributed by atoms with Crippen molar-refractivity contribution >= 4 is 12.0 Å². The van der Waals surface area contributed by atoms with Gasteiger partial charge in [-0.3, -0.25) is 0 Å². The summed E-state index contributed by atoms with van der Waals surface area (Å²) in [5.74, 6) is -2.62. The summed E-state index contributed by atoms with van der Waals surface area (Å²) in [6.07, 6.45) is -21.1. The molecular formula is C35H46O19. The van der Waals surface area contributed by atoms with Crippen molar-refractivity contribution in [2.45, 2.75) is 112 Å². The molecule has 0 bridgehead atoms. The van der Waals surface area contributed by atoms with Crippen molar-refractivity contribution in [3.05, 3.63) is 53.6 Å². The molecule has 0 aliphatic carbocycles. The maximum absolute atomic E-state index is 13.3. The summed E-state index contributed by atoms with van der Waals surface area (Å²) in [6, 6.07) is 7.83. The monoisotopic (exact) mass is 770 g/mol. The van der Waals surface area contributed by atoms with Crippen molar-refractivity contribution in [2.75, 3.05) is 13.2 Å². The van der Waals surface area contributed by atoms with Crippen LogP contribution in [0, 0.1) is 0 Å². The summed E-state index contributed by atoms with van der Waals surface area (Å²) in [5, 5.41) is 113. The number of carbonyl (C=O) groups is 1. The fourth-order valence-electron chi connectivity index (χ4n) is 6.08. The van der Waals surface area contributed by atoms with E-state index in [4.69, 9.17) is 33.2 Å². The molecule has 3 aliphatic rings. The van der Waals surface area contributed by atoms with E-state index in [0.29, 0.717) is 5.56 Å². The van der Waals surface area contributed by atoms with Crippen LogP contribution in [0.2, 0.25) is 0 Å². The molecule has 0 spiro atoms. The highest BCUT2D eigenvalue weighted by Crippen LogP contribution is 2.33. The first kappa shape index (κ1) is 41.5. The van der Waals surface area contributed by atoms with Crippen LogP contribution in [-0.2, 0) is 44.4 Å². The van der Waals surface area contributed by atoms with E-state index in [1.807, 2.05) is 0 Å². The van der Waals surface area contributed by atoms with Gasteiger partial charge in [-0.05, 0) is 61.7 Å². The van der Waals surface area contributed by atoms with Gasteiger partial charge in [-0.2, -0.15) is 0 Å². The predicted molar refractivity (Wildman–Crippen MR) is 178 cm³/mol. The number of esters is 1. The second-order valence-electron chi connectivity index (χ2n) is 13.3. The lowest BCUT2D eigenvalue weighted by molar-refractivity contribution is -0.363. The normalized spacial score (nSPS) is 37.3. The number of aliphatic hydroxyl groups excluding tert-OH is 7. The van der Waals surface area contributed by atoms with Gasteiger partial charge in [0.15, 0.2) is 48.0 Å². The van der Waals surface area contributed by atoms with Gasteiger partial charge in [-0.25, -0.2) is 4.79 Å². The van der Waals surface area contributed by atoms with Crippen LogP contribution in [0.1, 0.15) is 25.0 Å². The molecular weight excluding hydrogens is 724 g/mol. The third-order valence-electron chi connectivity index (χ3n) is 9.32. The highest BCUT2D eigenvalue weighted by Gasteiger charge is 2.53. The molecule has 0 unspecified atom stereocenters. The van der Waals surface area contributed by atoms with E-state index in [2.05, 4.69) is 0 Å². The SMILES string of the molecule is C[C@@H]1O[C@H](OC[C@H]2O[C@@H](OCCc3ccc(O)c(O)c3)[C@H](O)[C@@H](O[C@H]3O[C@@H](C)[C@H](O)[C@@H](O)[C@H]3O)[C@@H]2OC(=O)/C=C/c2ccc(O)c(O)c2)[C@H](O)[C@H](O)[C@H]1O. The number of aliphatic hydroxyl groups is 7. The lowest BCUT2D eigenvalue weighted by Crippen LogP contribution is -2.65. The molecule has 54 heavy (non-hydrogen) atoms. The molecule has 0 radical (unpaired) electrons. The summed E-state index contributed by atoms with van der Waals surface area (Å²) in [4.78, 5) is 13.3. The van der Waals surface area contributed by atoms with E-state index in [-0.39, 0.29) is 30.1 Å². The highest BCUT2D eigenvalue weighted by molar-refractivity contribution is 5.87. The number of phenols is 4. The van der Waals surface area contributed by atoms with Crippen LogP contribution >= 0.6 is 0 Å². The Morgan fingerprint density at radius 1 is 0.648 bits per heavy atom. The molecule has 0 aromatic heterocycles. The Kier molecular flexibility index (Phi) is 13.7. The maximum atomic E-state index is 13.3. The fourth-order valence-corrected chi connectivity index (χ4v) is 6.08. The third-order valence-corrected chi connectivity index (χ3v) is 9.32. The Morgan fingerprint density at radius 3 is 1.85 bits per heavy atom. The number of aromatic hydroxyl groups is 4. The van der Waals surface area contributed by atoms with Crippen molar-refractivity contribution in [1.82, 2.24) is 0 Å². The zero-order valence-electron chi connectivity index (χ0n) is 29.1. The standard InChI is InChI=1S/C35H46O19/c1-14-24(41)26(43)28(45)33(50-14)49-13-22-31(53-23(40)8-5-16-3-6-18(36)20(38)11-16)32(54-35-29(46)27(44)25(42)15(2)51-35)30(47)34(52-22)48-10-9-17-4-7-19(37)21(39)12-17/h3-8,11-12,14-15,22,24-39,41-47H,9-10,13H2,1-2H3/b8-5+/t14-,15-,22+,24-,25-,26+,27+,28+,29+,30+,31+,32+,33-,34+,35+/m0/s1. The van der Waals surface area contributed by atoms with Gasteiger partial charge in [0.1, 0.15) is 54.9 Å². The first-order valence-corrected chi connectivity index (χ1v) is 17.1. The third kappa shape index (κ3) is 9.58. The maximum Gasteiger partial charge on any atom is 0.331 e. The lowest BCUT2D eigenvalue weighted by atomic mass is 9.96. The van der Waals surface area contributed by atoms with Gasteiger partial charge < -0.3 is 89.3 Å². The van der Waals surface area contributed by atoms with Gasteiger partial charge in [0.25, 0.3) is 0 Å². The second-order valence-corrected chi connectivity index (χ2v) is 13.3. The van der Waals surface area contributed by atoms with E-state index >= 15 is 0 Å². The minimum atomic E-state index is -1.86. The topological polar surface area (TPSA) is 304 Å². The van der Waals surface area contributed by atoms with Gasteiger partial charge >= 0.3 is 5.97 Å². The minimum Gasteiger partial charge on any atom is -0.504 e. The van der Waals surface area contributed by atoms with Crippen LogP contribution in [0.4, 0.5) is 0 Å². The average molecular weight is 771 g/mol. The van der Waals surface area contributed by atoms with E-state index in [9.17, 15) is 61.0 Å². The van der Waals surface area contributed by atoms with Crippen LogP contribution in [0.15, 0.2) is 42.5 Å². The molecule has 19 heteroatoms. The summed E-state index contributed by atoms with van der Waals surface area (Å²) in [6.45, 7) is 2.06. The summed E-state index contributed by atoms with van der Waals surface area (Å²) < 4.78 is 40.4. The zero-order valence-corrected chi connectivity index (χ0v) is 29.1. The van der Waals surface area contributed by atoms with Gasteiger partial charge in [-0.1, -0.05) is 12.1 Å². The van der Waals surface area contributed by atoms with Crippen LogP contribution in [0.25, 0.3) is 6.08 Å². The molecule has 2 aromatic rings. The molecule has 0 saturated carbocycles. The zero-order chi connectivity index (χ0) is 39.4. The van der Waals surface area contributed by atoms with Crippen molar-refractivity contribution in [2.24, 2.45) is 0 Å². The molecule has 3 aliphatic heterocycles. The predicted octanol–water partition coefficient (Wildman–Crippen LogP) is -2.16. The Morgan fingerprint density at radius 2 is 1.22 bits per heavy atom. The van der Waals surface area contributed by atoms with Crippen molar-refractivity contribution in [3.8, 4) is 23.0 Å². The molecule has 3 fully saturated rings. The first-order chi connectivity index (χ1) is 25.5. The van der Waals surface area contributed by atoms with E-state index in [0.717, 1.165) is 6.08 Å². The molecule has 3 heterocycles. The van der Waals surface area contributed by atoms with Crippen LogP contribution in [-0.4, -0.2) is 167 Å². The van der Waals surface area contributed by atoms with E-state index < -0.39 is 116 Å². The minimum absolute atomic E-state index is 0.134. The van der Waals surface area contributed by atoms with Crippen molar-refractivity contribution in [3.63, 3.8) is 0 Å². The average Bonchev–Trinajstić information content (AvgIpc) is 3.14. The molecule has 3 saturated heterocycles. The summed E-state index contributed by atoms with van der Waals surface area (Å²) >= 11 is 0. The molecule has 11 N–H and O–H groups in total. The number of ether oxygens (including phenoxy) is 7. The smallest absolute Gasteiger partial charge is 0.331 e. The lowest BCUT2D eigenvalue weighted by Gasteiger charge is -2.47. The molecule has 0 amide bonds. The number of rotatable bonds is 12. The van der Waals surface area contributed by atoms with Crippen molar-refractivity contribution in [1.29, 1.82) is 0 Å². The van der Waals surface area contributed by atoms with E-state index in [1.54, 1.807) is 0 Å². The molecule has 5 rings (SSSR count). The summed E-state index contributed by atoms with van der Waals surface area (Å²) in [5.41, 5.74) is 0.811. The van der Waals surface area contributed by atoms with Gasteiger partial charge in [0, 0.05) is 6.08 Å². The Bertz CT molecular complexity index is 1590. The molecule has 2 aromatic carbocycles. The van der Waals surface area contributed by atoms with Gasteiger partial charge in [-0.15, -0.1) is 0 Å². The number of hydrogen-bond acceptors (Lipinski definition) is 19. The van der Waals surface area contributed by atoms with Crippen molar-refractivity contribution < 1.29 is 94.1 Å². The van der Waals surface area contributed by atoms with Crippen LogP contribution < -0.4 is 0 Å². The van der Waals surface area contributed by atoms with Gasteiger partial charge in [0.2, 0.25) is 0 Å². The Balaban J connectivity index is 1.43. The quantitative estimate of drug-likeness (QED) is 0.0622. The molecule has 19 nitrogen and oxygen atoms in total. The Labute approximate surface area is 308 Å². The molecule has 15 atom stereocenters. The number of hydrogen-bond donors (Lipinski definition) is 11. The van der Waals surface area contributed by atoms with E-state index in [1.165, 1.54) is 56.3 Å². The van der Waals surface area contributed by atoms with Crippen LogP contribution in [0.3, 0.4) is 0 Å². The first-order valence-electron chi connectivity index (χ1n) is 17.1. The molecule has 300 valence electrons. The fraction of sp³-hybridized carbons (Fsp3) is 0.571. The number of carbonyl (C=O) groups excluding carboxylic acids is 1. The highest BCUT2D eigenvalue weighted by atomic mass is 16.8. The summed E-state index contributed by atoms with van der Waals surface area (Å²) in [7, 11) is 0. The van der Waals surface area contributed by atoms with Crippen LogP contribution in [0.5, 0.6) is 23.0 Å². The Hall–Kier alpha value is -3.67.